The third kappa shape index (κ3) is 6.30. The lowest BCUT2D eigenvalue weighted by molar-refractivity contribution is -0.218. The van der Waals surface area contributed by atoms with Gasteiger partial charge in [0, 0.05) is 21.4 Å². The molecule has 4 rings (SSSR count). The smallest absolute Gasteiger partial charge is 0.119 e. The Morgan fingerprint density at radius 3 is 2.34 bits per heavy atom. The van der Waals surface area contributed by atoms with Crippen molar-refractivity contribution in [2.75, 3.05) is 18.1 Å². The average Bonchev–Trinajstić information content (AvgIpc) is 2.86. The van der Waals surface area contributed by atoms with Gasteiger partial charge in [-0.25, -0.2) is 0 Å². The van der Waals surface area contributed by atoms with Gasteiger partial charge in [0.15, 0.2) is 0 Å². The monoisotopic (exact) mass is 515 g/mol. The molecule has 1 heterocycles. The topological polar surface area (TPSA) is 105 Å². The zero-order valence-electron chi connectivity index (χ0n) is 19.4. The van der Waals surface area contributed by atoms with Crippen molar-refractivity contribution < 1.29 is 24.8 Å². The first-order chi connectivity index (χ1) is 16.9. The van der Waals surface area contributed by atoms with Gasteiger partial charge < -0.3 is 30.5 Å². The Labute approximate surface area is 214 Å². The summed E-state index contributed by atoms with van der Waals surface area (Å²) in [5.41, 5.74) is 9.04. The normalized spacial score (nSPS) is 24.3. The maximum absolute atomic E-state index is 10.7. The van der Waals surface area contributed by atoms with Crippen LogP contribution in [0.3, 0.4) is 0 Å². The maximum atomic E-state index is 10.7. The van der Waals surface area contributed by atoms with Crippen molar-refractivity contribution in [3.05, 3.63) is 88.4 Å². The Morgan fingerprint density at radius 2 is 1.66 bits per heavy atom. The number of thioether (sulfide) groups is 1. The highest BCUT2D eigenvalue weighted by molar-refractivity contribution is 7.99. The molecule has 5 N–H and O–H groups in total. The fourth-order valence-corrected chi connectivity index (χ4v) is 5.25. The van der Waals surface area contributed by atoms with E-state index >= 15 is 0 Å². The van der Waals surface area contributed by atoms with E-state index in [9.17, 15) is 15.3 Å². The highest BCUT2D eigenvalue weighted by Crippen LogP contribution is 2.36. The number of anilines is 1. The number of nitrogen functional groups attached to an aromatic ring is 1. The molecule has 0 aliphatic carbocycles. The lowest BCUT2D eigenvalue weighted by Crippen LogP contribution is -2.54. The lowest BCUT2D eigenvalue weighted by Gasteiger charge is -2.41. The highest BCUT2D eigenvalue weighted by Gasteiger charge is 2.44. The fourth-order valence-electron chi connectivity index (χ4n) is 4.10. The van der Waals surface area contributed by atoms with Crippen molar-refractivity contribution in [2.45, 2.75) is 48.8 Å². The van der Waals surface area contributed by atoms with Gasteiger partial charge in [-0.3, -0.25) is 0 Å². The number of aliphatic hydroxyl groups excluding tert-OH is 3. The minimum Gasteiger partial charge on any atom is -0.494 e. The molecule has 1 aliphatic heterocycles. The van der Waals surface area contributed by atoms with Gasteiger partial charge in [0.25, 0.3) is 0 Å². The van der Waals surface area contributed by atoms with Crippen LogP contribution in [0.25, 0.3) is 0 Å². The lowest BCUT2D eigenvalue weighted by atomic mass is 9.90. The van der Waals surface area contributed by atoms with Crippen LogP contribution >= 0.6 is 23.4 Å². The van der Waals surface area contributed by atoms with Crippen LogP contribution in [0.2, 0.25) is 5.02 Å². The zero-order chi connectivity index (χ0) is 24.9. The zero-order valence-corrected chi connectivity index (χ0v) is 21.0. The summed E-state index contributed by atoms with van der Waals surface area (Å²) in [6.45, 7) is 2.55. The third-order valence-corrected chi connectivity index (χ3v) is 7.50. The van der Waals surface area contributed by atoms with E-state index in [1.807, 2.05) is 61.5 Å². The molecule has 5 atom stereocenters. The quantitative estimate of drug-likeness (QED) is 0.263. The molecule has 1 fully saturated rings. The molecule has 0 amide bonds. The molecule has 1 saturated heterocycles. The van der Waals surface area contributed by atoms with Crippen molar-refractivity contribution in [3.63, 3.8) is 0 Å². The summed E-state index contributed by atoms with van der Waals surface area (Å²) in [5.74, 6) is 1.21. The Bertz CT molecular complexity index is 1110. The van der Waals surface area contributed by atoms with Crippen molar-refractivity contribution in [1.82, 2.24) is 0 Å². The van der Waals surface area contributed by atoms with Crippen molar-refractivity contribution >= 4 is 29.1 Å². The summed E-state index contributed by atoms with van der Waals surface area (Å²) in [5, 5.41) is 32.4. The first-order valence-electron chi connectivity index (χ1n) is 11.5. The number of benzene rings is 3. The fraction of sp³-hybridized carbons (Fsp3) is 0.333. The largest absolute Gasteiger partial charge is 0.494 e. The van der Waals surface area contributed by atoms with Crippen LogP contribution in [0.15, 0.2) is 71.6 Å². The van der Waals surface area contributed by atoms with Gasteiger partial charge in [-0.1, -0.05) is 35.9 Å². The van der Waals surface area contributed by atoms with Crippen LogP contribution in [0.5, 0.6) is 5.75 Å². The van der Waals surface area contributed by atoms with E-state index in [-0.39, 0.29) is 0 Å². The predicted molar refractivity (Wildman–Crippen MR) is 139 cm³/mol. The van der Waals surface area contributed by atoms with Gasteiger partial charge in [-0.15, -0.1) is 11.8 Å². The van der Waals surface area contributed by atoms with E-state index in [0.717, 1.165) is 21.8 Å². The van der Waals surface area contributed by atoms with Crippen molar-refractivity contribution in [2.24, 2.45) is 0 Å². The van der Waals surface area contributed by atoms with Gasteiger partial charge in [0.05, 0.1) is 12.7 Å². The molecule has 0 bridgehead atoms. The molecule has 0 radical (unpaired) electrons. The molecule has 35 heavy (non-hydrogen) atoms. The average molecular weight is 516 g/mol. The van der Waals surface area contributed by atoms with E-state index in [4.69, 9.17) is 26.8 Å². The minimum atomic E-state index is -1.34. The van der Waals surface area contributed by atoms with Gasteiger partial charge in [0.2, 0.25) is 0 Å². The SMILES string of the molecule is CCOc1ccc(Cc2cc(C3OC(CSc4ccc(N)cc4)C(O)C(O)C3O)ccc2Cl)cc1. The van der Waals surface area contributed by atoms with Crippen molar-refractivity contribution in [3.8, 4) is 5.75 Å². The van der Waals surface area contributed by atoms with E-state index in [2.05, 4.69) is 0 Å². The summed E-state index contributed by atoms with van der Waals surface area (Å²) in [6.07, 6.45) is -4.71. The standard InChI is InChI=1S/C27H30ClNO5S/c1-2-33-20-8-3-16(4-9-20)13-18-14-17(5-12-22(18)28)27-26(32)25(31)24(30)23(34-27)15-35-21-10-6-19(29)7-11-21/h3-12,14,23-27,30-32H,2,13,15,29H2,1H3. The summed E-state index contributed by atoms with van der Waals surface area (Å²) in [7, 11) is 0. The molecule has 6 nitrogen and oxygen atoms in total. The molecule has 3 aromatic carbocycles. The Morgan fingerprint density at radius 1 is 0.943 bits per heavy atom. The number of hydrogen-bond acceptors (Lipinski definition) is 7. The molecule has 3 aromatic rings. The molecule has 5 unspecified atom stereocenters. The summed E-state index contributed by atoms with van der Waals surface area (Å²) in [6, 6.07) is 20.7. The van der Waals surface area contributed by atoms with Crippen LogP contribution < -0.4 is 10.5 Å². The second-order valence-corrected chi connectivity index (χ2v) is 10.1. The number of ether oxygens (including phenoxy) is 2. The Hall–Kier alpha value is -2.26. The summed E-state index contributed by atoms with van der Waals surface area (Å²) < 4.78 is 11.6. The van der Waals surface area contributed by atoms with E-state index in [0.29, 0.717) is 35.1 Å². The Balaban J connectivity index is 1.50. The second-order valence-electron chi connectivity index (χ2n) is 8.55. The Kier molecular flexibility index (Phi) is 8.59. The molecule has 0 saturated carbocycles. The van der Waals surface area contributed by atoms with Crippen molar-refractivity contribution in [1.29, 1.82) is 0 Å². The first kappa shape index (κ1) is 25.8. The van der Waals surface area contributed by atoms with Crippen LogP contribution in [0.1, 0.15) is 29.7 Å². The number of rotatable bonds is 8. The first-order valence-corrected chi connectivity index (χ1v) is 12.9. The highest BCUT2D eigenvalue weighted by atomic mass is 35.5. The van der Waals surface area contributed by atoms with Crippen LogP contribution in [-0.4, -0.2) is 52.1 Å². The molecule has 0 aromatic heterocycles. The maximum Gasteiger partial charge on any atom is 0.119 e. The van der Waals surface area contributed by atoms with E-state index in [1.165, 1.54) is 11.8 Å². The number of aliphatic hydroxyl groups is 3. The molecular weight excluding hydrogens is 486 g/mol. The molecule has 1 aliphatic rings. The van der Waals surface area contributed by atoms with Gasteiger partial charge in [-0.05, 0) is 72.5 Å². The number of nitrogens with two attached hydrogens (primary N) is 1. The van der Waals surface area contributed by atoms with Crippen LogP contribution in [0, 0.1) is 0 Å². The molecule has 186 valence electrons. The van der Waals surface area contributed by atoms with E-state index < -0.39 is 30.5 Å². The van der Waals surface area contributed by atoms with Gasteiger partial charge >= 0.3 is 0 Å². The van der Waals surface area contributed by atoms with Crippen LogP contribution in [0.4, 0.5) is 5.69 Å². The molecule has 8 heteroatoms. The predicted octanol–water partition coefficient (Wildman–Crippen LogP) is 4.23. The second kappa shape index (κ2) is 11.6. The van der Waals surface area contributed by atoms with E-state index in [1.54, 1.807) is 12.1 Å². The minimum absolute atomic E-state index is 0.401. The summed E-state index contributed by atoms with van der Waals surface area (Å²) in [4.78, 5) is 0.969. The molecule has 0 spiro atoms. The molecular formula is C27H30ClNO5S. The van der Waals surface area contributed by atoms with Gasteiger partial charge in [-0.2, -0.15) is 0 Å². The number of hydrogen-bond donors (Lipinski definition) is 4. The summed E-state index contributed by atoms with van der Waals surface area (Å²) >= 11 is 7.97. The third-order valence-electron chi connectivity index (χ3n) is 6.03. The van der Waals surface area contributed by atoms with Crippen LogP contribution in [-0.2, 0) is 11.2 Å². The number of halogens is 1. The van der Waals surface area contributed by atoms with Gasteiger partial charge in [0.1, 0.15) is 30.2 Å².